The van der Waals surface area contributed by atoms with E-state index in [2.05, 4.69) is 0 Å². The average molecular weight is 297 g/mol. The Labute approximate surface area is 123 Å². The van der Waals surface area contributed by atoms with Crippen molar-refractivity contribution in [2.75, 3.05) is 6.54 Å². The highest BCUT2D eigenvalue weighted by atomic mass is 19.1. The molecule has 0 fully saturated rings. The van der Waals surface area contributed by atoms with E-state index in [1.165, 1.54) is 36.1 Å². The Morgan fingerprint density at radius 1 is 1.29 bits per heavy atom. The van der Waals surface area contributed by atoms with Crippen molar-refractivity contribution in [1.29, 1.82) is 0 Å². The maximum atomic E-state index is 12.8. The first-order chi connectivity index (χ1) is 9.61. The van der Waals surface area contributed by atoms with Crippen molar-refractivity contribution in [3.8, 4) is 5.75 Å². The number of halogens is 1. The van der Waals surface area contributed by atoms with Crippen LogP contribution in [0, 0.1) is 5.82 Å². The second-order valence-corrected chi connectivity index (χ2v) is 5.70. The lowest BCUT2D eigenvalue weighted by atomic mass is 10.0. The van der Waals surface area contributed by atoms with Crippen LogP contribution in [0.5, 0.6) is 5.75 Å². The molecule has 1 N–H and O–H groups in total. The van der Waals surface area contributed by atoms with Crippen LogP contribution in [0.4, 0.5) is 4.39 Å². The molecule has 116 valence electrons. The van der Waals surface area contributed by atoms with Crippen LogP contribution >= 0.6 is 0 Å². The smallest absolute Gasteiger partial charge is 0.323 e. The van der Waals surface area contributed by atoms with Crippen LogP contribution in [0.15, 0.2) is 24.3 Å². The molecule has 1 rings (SSSR count). The van der Waals surface area contributed by atoms with Gasteiger partial charge in [0, 0.05) is 5.54 Å². The maximum Gasteiger partial charge on any atom is 0.323 e. The average Bonchev–Trinajstić information content (AvgIpc) is 2.36. The molecule has 1 unspecified atom stereocenters. The van der Waals surface area contributed by atoms with Gasteiger partial charge < -0.3 is 14.7 Å². The molecule has 0 saturated heterocycles. The number of hydrogen-bond acceptors (Lipinski definition) is 3. The molecule has 0 bridgehead atoms. The van der Waals surface area contributed by atoms with E-state index in [0.717, 1.165) is 0 Å². The number of nitrogens with zero attached hydrogens (tertiary/aromatic N) is 1. The summed E-state index contributed by atoms with van der Waals surface area (Å²) in [6.45, 7) is 6.38. The normalized spacial score (nSPS) is 12.6. The number of hydrogen-bond donors (Lipinski definition) is 1. The van der Waals surface area contributed by atoms with Crippen molar-refractivity contribution >= 4 is 11.9 Å². The van der Waals surface area contributed by atoms with E-state index in [1.807, 2.05) is 0 Å². The summed E-state index contributed by atoms with van der Waals surface area (Å²) in [5.41, 5.74) is -0.643. The Kier molecular flexibility index (Phi) is 5.29. The molecule has 0 aliphatic carbocycles. The summed E-state index contributed by atoms with van der Waals surface area (Å²) < 4.78 is 18.3. The van der Waals surface area contributed by atoms with Crippen LogP contribution < -0.4 is 4.74 Å². The molecule has 1 aromatic carbocycles. The van der Waals surface area contributed by atoms with Gasteiger partial charge in [-0.05, 0) is 52.0 Å². The summed E-state index contributed by atoms with van der Waals surface area (Å²) in [5.74, 6) is -1.58. The summed E-state index contributed by atoms with van der Waals surface area (Å²) in [7, 11) is 0. The van der Waals surface area contributed by atoms with Gasteiger partial charge in [0.15, 0.2) is 6.10 Å². The highest BCUT2D eigenvalue weighted by molar-refractivity contribution is 5.85. The molecule has 0 aliphatic heterocycles. The van der Waals surface area contributed by atoms with Crippen LogP contribution in [0.1, 0.15) is 27.7 Å². The Balaban J connectivity index is 2.82. The number of ether oxygens (including phenoxy) is 1. The van der Waals surface area contributed by atoms with Crippen molar-refractivity contribution in [3.63, 3.8) is 0 Å². The molecule has 0 saturated carbocycles. The fourth-order valence-corrected chi connectivity index (χ4v) is 1.77. The summed E-state index contributed by atoms with van der Waals surface area (Å²) in [5, 5.41) is 8.92. The number of carboxylic acid groups (broad SMARTS) is 1. The Morgan fingerprint density at radius 2 is 1.81 bits per heavy atom. The van der Waals surface area contributed by atoms with Gasteiger partial charge in [-0.1, -0.05) is 0 Å². The summed E-state index contributed by atoms with van der Waals surface area (Å²) in [6, 6.07) is 5.28. The molecule has 0 aliphatic rings. The fourth-order valence-electron chi connectivity index (χ4n) is 1.77. The van der Waals surface area contributed by atoms with E-state index in [1.54, 1.807) is 20.8 Å². The first-order valence-corrected chi connectivity index (χ1v) is 6.57. The van der Waals surface area contributed by atoms with Crippen molar-refractivity contribution in [2.24, 2.45) is 0 Å². The second-order valence-electron chi connectivity index (χ2n) is 5.70. The topological polar surface area (TPSA) is 66.8 Å². The van der Waals surface area contributed by atoms with Gasteiger partial charge in [-0.15, -0.1) is 0 Å². The fraction of sp³-hybridized carbons (Fsp3) is 0.467. The number of carbonyl (C=O) groups is 2. The molecule has 1 amide bonds. The van der Waals surface area contributed by atoms with E-state index in [4.69, 9.17) is 9.84 Å². The highest BCUT2D eigenvalue weighted by Crippen LogP contribution is 2.18. The predicted octanol–water partition coefficient (Wildman–Crippen LogP) is 2.30. The second kappa shape index (κ2) is 6.56. The third-order valence-electron chi connectivity index (χ3n) is 2.84. The lowest BCUT2D eigenvalue weighted by molar-refractivity contribution is -0.151. The Hall–Kier alpha value is -2.11. The maximum absolute atomic E-state index is 12.8. The first-order valence-electron chi connectivity index (χ1n) is 6.57. The van der Waals surface area contributed by atoms with Crippen LogP contribution in [0.3, 0.4) is 0 Å². The minimum atomic E-state index is -1.09. The van der Waals surface area contributed by atoms with Gasteiger partial charge in [-0.3, -0.25) is 9.59 Å². The minimum absolute atomic E-state index is 0.349. The third-order valence-corrected chi connectivity index (χ3v) is 2.84. The van der Waals surface area contributed by atoms with Crippen LogP contribution in [-0.4, -0.2) is 40.1 Å². The monoisotopic (exact) mass is 297 g/mol. The number of carbonyl (C=O) groups excluding carboxylic acids is 1. The van der Waals surface area contributed by atoms with Crippen LogP contribution in [0.2, 0.25) is 0 Å². The van der Waals surface area contributed by atoms with Gasteiger partial charge >= 0.3 is 5.97 Å². The lowest BCUT2D eigenvalue weighted by Crippen LogP contribution is -2.52. The molecule has 1 aromatic rings. The number of amides is 1. The van der Waals surface area contributed by atoms with E-state index in [0.29, 0.717) is 5.75 Å². The zero-order valence-corrected chi connectivity index (χ0v) is 12.6. The SMILES string of the molecule is CC(Oc1ccc(F)cc1)C(=O)N(CC(=O)O)C(C)(C)C. The Morgan fingerprint density at radius 3 is 2.24 bits per heavy atom. The zero-order valence-electron chi connectivity index (χ0n) is 12.6. The molecule has 6 heteroatoms. The molecular weight excluding hydrogens is 277 g/mol. The van der Waals surface area contributed by atoms with Crippen LogP contribution in [-0.2, 0) is 9.59 Å². The first kappa shape index (κ1) is 16.9. The quantitative estimate of drug-likeness (QED) is 0.905. The standard InChI is InChI=1S/C15H20FNO4/c1-10(21-12-7-5-11(16)6-8-12)14(20)17(9-13(18)19)15(2,3)4/h5-8,10H,9H2,1-4H3,(H,18,19). The summed E-state index contributed by atoms with van der Waals surface area (Å²) in [6.07, 6.45) is -0.867. The van der Waals surface area contributed by atoms with E-state index in [-0.39, 0.29) is 0 Å². The van der Waals surface area contributed by atoms with E-state index >= 15 is 0 Å². The van der Waals surface area contributed by atoms with Crippen LogP contribution in [0.25, 0.3) is 0 Å². The molecule has 0 spiro atoms. The van der Waals surface area contributed by atoms with Crippen molar-refractivity contribution < 1.29 is 23.8 Å². The molecule has 0 heterocycles. The van der Waals surface area contributed by atoms with Gasteiger partial charge in [0.1, 0.15) is 18.1 Å². The molecular formula is C15H20FNO4. The predicted molar refractivity (Wildman–Crippen MR) is 75.6 cm³/mol. The summed E-state index contributed by atoms with van der Waals surface area (Å²) in [4.78, 5) is 24.5. The molecule has 5 nitrogen and oxygen atoms in total. The van der Waals surface area contributed by atoms with E-state index in [9.17, 15) is 14.0 Å². The summed E-state index contributed by atoms with van der Waals surface area (Å²) >= 11 is 0. The van der Waals surface area contributed by atoms with Gasteiger partial charge in [0.05, 0.1) is 0 Å². The van der Waals surface area contributed by atoms with Crippen molar-refractivity contribution in [2.45, 2.75) is 39.3 Å². The molecule has 1 atom stereocenters. The zero-order chi connectivity index (χ0) is 16.2. The molecule has 0 aromatic heterocycles. The minimum Gasteiger partial charge on any atom is -0.481 e. The lowest BCUT2D eigenvalue weighted by Gasteiger charge is -2.36. The Bertz CT molecular complexity index is 507. The number of benzene rings is 1. The van der Waals surface area contributed by atoms with Crippen molar-refractivity contribution in [3.05, 3.63) is 30.1 Å². The number of carboxylic acids is 1. The molecule has 0 radical (unpaired) electrons. The third kappa shape index (κ3) is 5.06. The molecule has 21 heavy (non-hydrogen) atoms. The van der Waals surface area contributed by atoms with E-state index < -0.39 is 35.9 Å². The highest BCUT2D eigenvalue weighted by Gasteiger charge is 2.32. The number of aliphatic carboxylic acids is 1. The largest absolute Gasteiger partial charge is 0.481 e. The van der Waals surface area contributed by atoms with Gasteiger partial charge in [0.2, 0.25) is 0 Å². The van der Waals surface area contributed by atoms with Gasteiger partial charge in [-0.25, -0.2) is 4.39 Å². The van der Waals surface area contributed by atoms with Crippen molar-refractivity contribution in [1.82, 2.24) is 4.90 Å². The number of rotatable bonds is 5. The van der Waals surface area contributed by atoms with Gasteiger partial charge in [0.25, 0.3) is 5.91 Å². The van der Waals surface area contributed by atoms with Gasteiger partial charge in [-0.2, -0.15) is 0 Å².